The summed E-state index contributed by atoms with van der Waals surface area (Å²) in [5.74, 6) is -0.0720. The fraction of sp³-hybridized carbons (Fsp3) is 0.273. The van der Waals surface area contributed by atoms with E-state index in [0.717, 1.165) is 5.56 Å². The molecule has 3 heteroatoms. The molecule has 0 saturated carbocycles. The van der Waals surface area contributed by atoms with Gasteiger partial charge >= 0.3 is 0 Å². The molecule has 0 fully saturated rings. The van der Waals surface area contributed by atoms with Crippen molar-refractivity contribution in [3.63, 3.8) is 0 Å². The van der Waals surface area contributed by atoms with Crippen molar-refractivity contribution in [2.45, 2.75) is 12.8 Å². The van der Waals surface area contributed by atoms with Gasteiger partial charge in [0.15, 0.2) is 0 Å². The molecule has 1 aromatic carbocycles. The first-order chi connectivity index (χ1) is 6.63. The molecule has 0 aliphatic heterocycles. The van der Waals surface area contributed by atoms with Gasteiger partial charge in [0.05, 0.1) is 5.33 Å². The lowest BCUT2D eigenvalue weighted by Gasteiger charge is -2.06. The molecule has 0 nitrogen and oxygen atoms in total. The van der Waals surface area contributed by atoms with Gasteiger partial charge in [-0.15, -0.1) is 0 Å². The van der Waals surface area contributed by atoms with Crippen LogP contribution < -0.4 is 0 Å². The Morgan fingerprint density at radius 3 is 2.57 bits per heavy atom. The van der Waals surface area contributed by atoms with E-state index in [9.17, 15) is 4.39 Å². The zero-order valence-electron chi connectivity index (χ0n) is 7.81. The van der Waals surface area contributed by atoms with Crippen molar-refractivity contribution in [1.82, 2.24) is 0 Å². The Bertz CT molecular complexity index is 319. The third kappa shape index (κ3) is 3.43. The van der Waals surface area contributed by atoms with E-state index in [1.165, 1.54) is 0 Å². The Morgan fingerprint density at radius 2 is 2.07 bits per heavy atom. The van der Waals surface area contributed by atoms with Crippen LogP contribution in [0, 0.1) is 0 Å². The van der Waals surface area contributed by atoms with E-state index in [0.29, 0.717) is 5.02 Å². The van der Waals surface area contributed by atoms with Crippen LogP contribution >= 0.6 is 27.5 Å². The van der Waals surface area contributed by atoms with Crippen molar-refractivity contribution in [3.8, 4) is 0 Å². The minimum absolute atomic E-state index is 0.0739. The lowest BCUT2D eigenvalue weighted by Crippen LogP contribution is -1.90. The number of benzene rings is 1. The summed E-state index contributed by atoms with van der Waals surface area (Å²) in [6.45, 7) is 1.95. The minimum atomic E-state index is -0.146. The molecule has 0 amide bonds. The first-order valence-corrected chi connectivity index (χ1v) is 5.81. The smallest absolute Gasteiger partial charge is 0.107 e. The summed E-state index contributed by atoms with van der Waals surface area (Å²) in [6.07, 6.45) is 1.60. The average molecular weight is 278 g/mol. The minimum Gasteiger partial charge on any atom is -0.211 e. The van der Waals surface area contributed by atoms with Crippen LogP contribution in [0.4, 0.5) is 4.39 Å². The quantitative estimate of drug-likeness (QED) is 0.703. The zero-order valence-corrected chi connectivity index (χ0v) is 10.1. The van der Waals surface area contributed by atoms with E-state index in [2.05, 4.69) is 15.9 Å². The van der Waals surface area contributed by atoms with Crippen molar-refractivity contribution in [2.24, 2.45) is 0 Å². The van der Waals surface area contributed by atoms with Gasteiger partial charge in [0.2, 0.25) is 0 Å². The molecule has 0 aliphatic rings. The van der Waals surface area contributed by atoms with Crippen molar-refractivity contribution in [1.29, 1.82) is 0 Å². The van der Waals surface area contributed by atoms with Gasteiger partial charge in [-0.3, -0.25) is 0 Å². The molecule has 1 aromatic rings. The predicted molar refractivity (Wildman–Crippen MR) is 62.9 cm³/mol. The molecular formula is C11H11BrClF. The molecule has 0 aromatic heterocycles. The molecule has 0 heterocycles. The maximum atomic E-state index is 12.9. The molecule has 1 unspecified atom stereocenters. The molecule has 0 N–H and O–H groups in total. The van der Waals surface area contributed by atoms with E-state index < -0.39 is 0 Å². The number of allylic oxidation sites excluding steroid dienone is 2. The summed E-state index contributed by atoms with van der Waals surface area (Å²) in [6, 6.07) is 7.44. The van der Waals surface area contributed by atoms with Crippen LogP contribution in [0.5, 0.6) is 0 Å². The summed E-state index contributed by atoms with van der Waals surface area (Å²) in [7, 11) is 0. The summed E-state index contributed by atoms with van der Waals surface area (Å²) in [4.78, 5) is 0. The number of hydrogen-bond acceptors (Lipinski definition) is 0. The lowest BCUT2D eigenvalue weighted by molar-refractivity contribution is 0.635. The average Bonchev–Trinajstić information content (AvgIpc) is 2.18. The Hall–Kier alpha value is -0.340. The van der Waals surface area contributed by atoms with Gasteiger partial charge in [-0.25, -0.2) is 4.39 Å². The molecule has 14 heavy (non-hydrogen) atoms. The monoisotopic (exact) mass is 276 g/mol. The second kappa shape index (κ2) is 5.52. The Morgan fingerprint density at radius 1 is 1.50 bits per heavy atom. The highest BCUT2D eigenvalue weighted by Gasteiger charge is 2.03. The summed E-state index contributed by atoms with van der Waals surface area (Å²) in [5.41, 5.74) is 1.06. The molecule has 0 aliphatic carbocycles. The Kier molecular flexibility index (Phi) is 4.63. The van der Waals surface area contributed by atoms with E-state index >= 15 is 0 Å². The number of rotatable bonds is 3. The van der Waals surface area contributed by atoms with Crippen LogP contribution in [0.15, 0.2) is 36.2 Å². The maximum Gasteiger partial charge on any atom is 0.107 e. The summed E-state index contributed by atoms with van der Waals surface area (Å²) in [5, 5.41) is 0.969. The predicted octanol–water partition coefficient (Wildman–Crippen LogP) is 4.69. The molecule has 0 saturated heterocycles. The Balaban J connectivity index is 2.79. The van der Waals surface area contributed by atoms with Crippen molar-refractivity contribution in [2.75, 3.05) is 5.33 Å². The van der Waals surface area contributed by atoms with Gasteiger partial charge in [-0.1, -0.05) is 46.6 Å². The first-order valence-electron chi connectivity index (χ1n) is 4.31. The van der Waals surface area contributed by atoms with Crippen molar-refractivity contribution in [3.05, 3.63) is 46.8 Å². The molecular weight excluding hydrogens is 266 g/mol. The topological polar surface area (TPSA) is 0 Å². The third-order valence-corrected chi connectivity index (χ3v) is 2.74. The number of alkyl halides is 1. The molecule has 0 radical (unpaired) electrons. The van der Waals surface area contributed by atoms with Gasteiger partial charge in [0, 0.05) is 10.9 Å². The molecule has 0 bridgehead atoms. The van der Waals surface area contributed by atoms with Gasteiger partial charge < -0.3 is 0 Å². The molecule has 0 spiro atoms. The highest BCUT2D eigenvalue weighted by atomic mass is 79.9. The summed E-state index contributed by atoms with van der Waals surface area (Å²) >= 11 is 8.82. The van der Waals surface area contributed by atoms with Gasteiger partial charge in [0.25, 0.3) is 0 Å². The van der Waals surface area contributed by atoms with Gasteiger partial charge in [0.1, 0.15) is 5.83 Å². The summed E-state index contributed by atoms with van der Waals surface area (Å²) < 4.78 is 12.9. The van der Waals surface area contributed by atoms with Gasteiger partial charge in [-0.05, 0) is 23.8 Å². The molecule has 1 rings (SSSR count). The molecule has 1 atom stereocenters. The SMILES string of the molecule is CC(/C=C(\F)CBr)c1ccc(Cl)cc1. The largest absolute Gasteiger partial charge is 0.211 e. The number of halogens is 3. The van der Waals surface area contributed by atoms with Crippen LogP contribution in [-0.2, 0) is 0 Å². The van der Waals surface area contributed by atoms with Crippen molar-refractivity contribution >= 4 is 27.5 Å². The van der Waals surface area contributed by atoms with E-state index in [-0.39, 0.29) is 17.1 Å². The van der Waals surface area contributed by atoms with Crippen LogP contribution in [0.25, 0.3) is 0 Å². The van der Waals surface area contributed by atoms with Crippen LogP contribution in [0.3, 0.4) is 0 Å². The van der Waals surface area contributed by atoms with Crippen molar-refractivity contribution < 1.29 is 4.39 Å². The fourth-order valence-corrected chi connectivity index (χ4v) is 1.49. The maximum absolute atomic E-state index is 12.9. The zero-order chi connectivity index (χ0) is 10.6. The third-order valence-electron chi connectivity index (χ3n) is 1.95. The highest BCUT2D eigenvalue weighted by Crippen LogP contribution is 2.21. The fourth-order valence-electron chi connectivity index (χ4n) is 1.18. The Labute approximate surface area is 96.9 Å². The normalized spacial score (nSPS) is 14.1. The van der Waals surface area contributed by atoms with E-state index in [1.807, 2.05) is 31.2 Å². The van der Waals surface area contributed by atoms with E-state index in [4.69, 9.17) is 11.6 Å². The first kappa shape index (κ1) is 11.7. The van der Waals surface area contributed by atoms with Crippen LogP contribution in [0.2, 0.25) is 5.02 Å². The highest BCUT2D eigenvalue weighted by molar-refractivity contribution is 9.09. The van der Waals surface area contributed by atoms with Crippen LogP contribution in [0.1, 0.15) is 18.4 Å². The second-order valence-electron chi connectivity index (χ2n) is 3.09. The lowest BCUT2D eigenvalue weighted by atomic mass is 10.0. The van der Waals surface area contributed by atoms with Crippen LogP contribution in [-0.4, -0.2) is 5.33 Å². The molecule has 76 valence electrons. The number of hydrogen-bond donors (Lipinski definition) is 0. The standard InChI is InChI=1S/C11H11BrClF/c1-8(6-11(14)7-12)9-2-4-10(13)5-3-9/h2-6,8H,7H2,1H3/b11-6-. The van der Waals surface area contributed by atoms with E-state index in [1.54, 1.807) is 6.08 Å². The second-order valence-corrected chi connectivity index (χ2v) is 4.08. The van der Waals surface area contributed by atoms with Gasteiger partial charge in [-0.2, -0.15) is 0 Å².